The van der Waals surface area contributed by atoms with Crippen LogP contribution in [0, 0.1) is 24.7 Å². The molecule has 0 heterocycles. The molecule has 248 valence electrons. The quantitative estimate of drug-likeness (QED) is 0.205. The zero-order chi connectivity index (χ0) is 32.4. The number of nitrogens with zero attached hydrogens (tertiary/aromatic N) is 1. The van der Waals surface area contributed by atoms with Gasteiger partial charge in [-0.1, -0.05) is 70.6 Å². The Bertz CT molecular complexity index is 1380. The van der Waals surface area contributed by atoms with Crippen molar-refractivity contribution in [3.8, 4) is 0 Å². The number of carbonyl (C=O) groups is 2. The second kappa shape index (κ2) is 16.5. The Morgan fingerprint density at radius 3 is 2.27 bits per heavy atom. The van der Waals surface area contributed by atoms with Crippen LogP contribution in [-0.4, -0.2) is 46.4 Å². The van der Waals surface area contributed by atoms with Crippen molar-refractivity contribution in [2.24, 2.45) is 17.8 Å². The van der Waals surface area contributed by atoms with Gasteiger partial charge < -0.3 is 15.5 Å². The Hall–Kier alpha value is -3.07. The van der Waals surface area contributed by atoms with Gasteiger partial charge in [0.15, 0.2) is 0 Å². The smallest absolute Gasteiger partial charge is 0.264 e. The summed E-state index contributed by atoms with van der Waals surface area (Å²) in [5, 5.41) is 6.85. The summed E-state index contributed by atoms with van der Waals surface area (Å²) < 4.78 is 28.3. The van der Waals surface area contributed by atoms with Gasteiger partial charge in [0, 0.05) is 38.2 Å². The number of hydrogen-bond donors (Lipinski definition) is 3. The van der Waals surface area contributed by atoms with E-state index in [4.69, 9.17) is 0 Å². The number of hydrogen-bond acceptors (Lipinski definition) is 6. The van der Waals surface area contributed by atoms with Gasteiger partial charge in [-0.25, -0.2) is 13.1 Å². The van der Waals surface area contributed by atoms with Crippen LogP contribution < -0.4 is 20.3 Å². The van der Waals surface area contributed by atoms with Gasteiger partial charge in [-0.15, -0.1) is 0 Å². The Balaban J connectivity index is 1.51. The van der Waals surface area contributed by atoms with E-state index in [2.05, 4.69) is 41.2 Å². The Labute approximate surface area is 271 Å². The van der Waals surface area contributed by atoms with E-state index in [0.717, 1.165) is 63.0 Å². The van der Waals surface area contributed by atoms with E-state index in [1.165, 1.54) is 38.2 Å². The lowest BCUT2D eigenvalue weighted by atomic mass is 9.82. The predicted molar refractivity (Wildman–Crippen MR) is 183 cm³/mol. The summed E-state index contributed by atoms with van der Waals surface area (Å²) in [6, 6.07) is 12.0. The first-order valence-corrected chi connectivity index (χ1v) is 18.5. The maximum Gasteiger partial charge on any atom is 0.264 e. The summed E-state index contributed by atoms with van der Waals surface area (Å²) in [6.07, 6.45) is 12.3. The molecule has 0 aliphatic heterocycles. The number of nitrogens with one attached hydrogen (secondary N) is 3. The summed E-state index contributed by atoms with van der Waals surface area (Å²) >= 11 is 0. The molecule has 0 spiro atoms. The van der Waals surface area contributed by atoms with Gasteiger partial charge in [-0.2, -0.15) is 0 Å². The largest absolute Gasteiger partial charge is 0.383 e. The highest BCUT2D eigenvalue weighted by Gasteiger charge is 2.30. The minimum Gasteiger partial charge on any atom is -0.383 e. The topological polar surface area (TPSA) is 108 Å². The number of amides is 2. The third kappa shape index (κ3) is 10.2. The molecule has 2 aromatic carbocycles. The normalized spacial score (nSPS) is 17.1. The lowest BCUT2D eigenvalue weighted by Crippen LogP contribution is -2.45. The SMILES string of the molecule is Cc1ccccc1S(=O)(=O)NC(=O)CC(NC(=O)c1ccc(N(C)CCC(C)C)c(NCC2CCCCC2)c1)C1CCCCC1. The average Bonchev–Trinajstić information content (AvgIpc) is 3.03. The van der Waals surface area contributed by atoms with Gasteiger partial charge in [0.25, 0.3) is 15.9 Å². The van der Waals surface area contributed by atoms with Crippen molar-refractivity contribution in [3.63, 3.8) is 0 Å². The highest BCUT2D eigenvalue weighted by atomic mass is 32.2. The van der Waals surface area contributed by atoms with E-state index in [9.17, 15) is 18.0 Å². The van der Waals surface area contributed by atoms with Crippen LogP contribution in [0.3, 0.4) is 0 Å². The molecule has 1 atom stereocenters. The highest BCUT2D eigenvalue weighted by Crippen LogP contribution is 2.31. The average molecular weight is 639 g/mol. The van der Waals surface area contributed by atoms with Crippen molar-refractivity contribution < 1.29 is 18.0 Å². The summed E-state index contributed by atoms with van der Waals surface area (Å²) in [5.41, 5.74) is 3.14. The number of sulfonamides is 1. The molecule has 2 saturated carbocycles. The van der Waals surface area contributed by atoms with Crippen LogP contribution >= 0.6 is 0 Å². The number of benzene rings is 2. The zero-order valence-corrected chi connectivity index (χ0v) is 28.6. The molecule has 9 heteroatoms. The standard InChI is InChI=1S/C36H54N4O4S/c1-26(2)21-22-40(4)33-20-19-30(23-32(33)37-25-28-14-7-5-8-15-28)36(42)38-31(29-16-9-6-10-17-29)24-35(41)39-45(43,44)34-18-12-11-13-27(34)3/h11-13,18-20,23,26,28-29,31,37H,5-10,14-17,21-22,24-25H2,1-4H3,(H,38,42)(H,39,41). The molecular weight excluding hydrogens is 584 g/mol. The summed E-state index contributed by atoms with van der Waals surface area (Å²) in [7, 11) is -1.91. The van der Waals surface area contributed by atoms with E-state index < -0.39 is 22.0 Å². The third-order valence-electron chi connectivity index (χ3n) is 9.59. The van der Waals surface area contributed by atoms with Crippen LogP contribution in [0.25, 0.3) is 0 Å². The van der Waals surface area contributed by atoms with Crippen LogP contribution in [0.15, 0.2) is 47.4 Å². The first-order chi connectivity index (χ1) is 21.5. The Morgan fingerprint density at radius 2 is 1.60 bits per heavy atom. The number of rotatable bonds is 14. The van der Waals surface area contributed by atoms with Crippen LogP contribution in [0.5, 0.6) is 0 Å². The monoisotopic (exact) mass is 638 g/mol. The maximum absolute atomic E-state index is 13.8. The van der Waals surface area contributed by atoms with Crippen molar-refractivity contribution in [2.45, 2.75) is 109 Å². The molecule has 8 nitrogen and oxygen atoms in total. The van der Waals surface area contributed by atoms with Crippen LogP contribution in [-0.2, 0) is 14.8 Å². The van der Waals surface area contributed by atoms with E-state index in [0.29, 0.717) is 23.0 Å². The van der Waals surface area contributed by atoms with Gasteiger partial charge in [0.05, 0.1) is 16.3 Å². The molecule has 0 aromatic heterocycles. The molecule has 45 heavy (non-hydrogen) atoms. The van der Waals surface area contributed by atoms with Crippen LogP contribution in [0.2, 0.25) is 0 Å². The molecular formula is C36H54N4O4S. The molecule has 0 bridgehead atoms. The number of aryl methyl sites for hydroxylation is 1. The molecule has 4 rings (SSSR count). The van der Waals surface area contributed by atoms with Gasteiger partial charge in [0.2, 0.25) is 5.91 Å². The van der Waals surface area contributed by atoms with Crippen molar-refractivity contribution in [1.29, 1.82) is 0 Å². The molecule has 2 amide bonds. The summed E-state index contributed by atoms with van der Waals surface area (Å²) in [6.45, 7) is 7.97. The van der Waals surface area contributed by atoms with Gasteiger partial charge in [-0.05, 0) is 86.6 Å². The van der Waals surface area contributed by atoms with Crippen LogP contribution in [0.1, 0.15) is 107 Å². The van der Waals surface area contributed by atoms with E-state index in [1.807, 2.05) is 18.2 Å². The van der Waals surface area contributed by atoms with E-state index >= 15 is 0 Å². The molecule has 2 fully saturated rings. The fourth-order valence-corrected chi connectivity index (χ4v) is 8.04. The van der Waals surface area contributed by atoms with Gasteiger partial charge >= 0.3 is 0 Å². The zero-order valence-electron chi connectivity index (χ0n) is 27.7. The number of carbonyl (C=O) groups excluding carboxylic acids is 2. The molecule has 3 N–H and O–H groups in total. The molecule has 2 aliphatic carbocycles. The van der Waals surface area contributed by atoms with Crippen LogP contribution in [0.4, 0.5) is 11.4 Å². The molecule has 2 aromatic rings. The second-order valence-electron chi connectivity index (χ2n) is 13.7. The molecule has 2 aliphatic rings. The fourth-order valence-electron chi connectivity index (χ4n) is 6.80. The van der Waals surface area contributed by atoms with Crippen molar-refractivity contribution in [1.82, 2.24) is 10.0 Å². The summed E-state index contributed by atoms with van der Waals surface area (Å²) in [5.74, 6) is 0.496. The Morgan fingerprint density at radius 1 is 0.933 bits per heavy atom. The lowest BCUT2D eigenvalue weighted by molar-refractivity contribution is -0.120. The highest BCUT2D eigenvalue weighted by molar-refractivity contribution is 7.90. The third-order valence-corrected chi connectivity index (χ3v) is 11.1. The minimum atomic E-state index is -4.02. The van der Waals surface area contributed by atoms with Crippen molar-refractivity contribution in [2.75, 3.05) is 30.4 Å². The number of anilines is 2. The fraction of sp³-hybridized carbons (Fsp3) is 0.611. The van der Waals surface area contributed by atoms with E-state index in [1.54, 1.807) is 25.1 Å². The Kier molecular flexibility index (Phi) is 12.7. The van der Waals surface area contributed by atoms with Gasteiger partial charge in [-0.3, -0.25) is 9.59 Å². The van der Waals surface area contributed by atoms with E-state index in [-0.39, 0.29) is 23.1 Å². The molecule has 0 saturated heterocycles. The van der Waals surface area contributed by atoms with Crippen molar-refractivity contribution >= 4 is 33.2 Å². The maximum atomic E-state index is 13.8. The first-order valence-electron chi connectivity index (χ1n) is 17.0. The molecule has 0 radical (unpaired) electrons. The second-order valence-corrected chi connectivity index (χ2v) is 15.3. The van der Waals surface area contributed by atoms with Crippen molar-refractivity contribution in [3.05, 3.63) is 53.6 Å². The summed E-state index contributed by atoms with van der Waals surface area (Å²) in [4.78, 5) is 29.3. The minimum absolute atomic E-state index is 0.0864. The molecule has 1 unspecified atom stereocenters. The first kappa shape index (κ1) is 34.8. The van der Waals surface area contributed by atoms with Gasteiger partial charge in [0.1, 0.15) is 0 Å². The predicted octanol–water partition coefficient (Wildman–Crippen LogP) is 7.04. The lowest BCUT2D eigenvalue weighted by Gasteiger charge is -2.31.